The van der Waals surface area contributed by atoms with Crippen LogP contribution in [0.15, 0.2) is 35.2 Å². The van der Waals surface area contributed by atoms with Crippen molar-refractivity contribution in [3.8, 4) is 0 Å². The molecule has 0 saturated heterocycles. The van der Waals surface area contributed by atoms with E-state index in [0.717, 1.165) is 64.8 Å². The SMILES string of the molecule is CCCCOCC[C@@H](OC(COCCCC)[C@H](C)OCCCC)Sc1ccccc1. The average molecular weight is 441 g/mol. The molecule has 3 atom stereocenters. The summed E-state index contributed by atoms with van der Waals surface area (Å²) in [6, 6.07) is 10.4. The summed E-state index contributed by atoms with van der Waals surface area (Å²) in [5, 5.41) is 0. The van der Waals surface area contributed by atoms with Gasteiger partial charge in [0.1, 0.15) is 11.5 Å². The summed E-state index contributed by atoms with van der Waals surface area (Å²) >= 11 is 1.76. The predicted molar refractivity (Wildman–Crippen MR) is 127 cm³/mol. The third-order valence-corrected chi connectivity index (χ3v) is 5.96. The Balaban J connectivity index is 2.69. The molecule has 4 nitrogen and oxygen atoms in total. The molecule has 0 fully saturated rings. The summed E-state index contributed by atoms with van der Waals surface area (Å²) in [6.07, 6.45) is 7.43. The van der Waals surface area contributed by atoms with Crippen LogP contribution < -0.4 is 0 Å². The van der Waals surface area contributed by atoms with Crippen LogP contribution in [-0.4, -0.2) is 50.7 Å². The lowest BCUT2D eigenvalue weighted by Crippen LogP contribution is -2.36. The van der Waals surface area contributed by atoms with Gasteiger partial charge in [-0.15, -0.1) is 0 Å². The minimum atomic E-state index is -0.0874. The highest BCUT2D eigenvalue weighted by Crippen LogP contribution is 2.28. The molecule has 1 aromatic carbocycles. The molecule has 0 radical (unpaired) electrons. The Hall–Kier alpha value is -0.590. The normalized spacial score (nSPS) is 14.5. The van der Waals surface area contributed by atoms with Gasteiger partial charge in [-0.1, -0.05) is 70.0 Å². The van der Waals surface area contributed by atoms with Gasteiger partial charge in [0, 0.05) is 37.7 Å². The van der Waals surface area contributed by atoms with E-state index in [1.807, 2.05) is 6.07 Å². The third-order valence-electron chi connectivity index (χ3n) is 4.80. The van der Waals surface area contributed by atoms with Crippen LogP contribution in [0.25, 0.3) is 0 Å². The number of rotatable bonds is 20. The lowest BCUT2D eigenvalue weighted by molar-refractivity contribution is -0.108. The zero-order valence-corrected chi connectivity index (χ0v) is 20.5. The van der Waals surface area contributed by atoms with Crippen molar-refractivity contribution >= 4 is 11.8 Å². The van der Waals surface area contributed by atoms with Crippen molar-refractivity contribution in [2.75, 3.05) is 33.0 Å². The topological polar surface area (TPSA) is 36.9 Å². The molecule has 0 aliphatic rings. The summed E-state index contributed by atoms with van der Waals surface area (Å²) in [6.45, 7) is 12.3. The Labute approximate surface area is 189 Å². The van der Waals surface area contributed by atoms with E-state index >= 15 is 0 Å². The minimum Gasteiger partial charge on any atom is -0.381 e. The molecule has 5 heteroatoms. The van der Waals surface area contributed by atoms with Gasteiger partial charge in [0.15, 0.2) is 0 Å². The highest BCUT2D eigenvalue weighted by atomic mass is 32.2. The number of ether oxygens (including phenoxy) is 4. The standard InChI is InChI=1S/C25H44O4S/c1-5-8-17-26-20-16-25(30-23-14-12-11-13-15-23)29-24(21-27-18-9-6-2)22(4)28-19-10-7-3/h11-15,22,24-25H,5-10,16-21H2,1-4H3/t22-,24?,25-/m0/s1. The van der Waals surface area contributed by atoms with Crippen molar-refractivity contribution in [2.24, 2.45) is 0 Å². The Morgan fingerprint density at radius 2 is 1.43 bits per heavy atom. The second-order valence-corrected chi connectivity index (χ2v) is 8.88. The molecule has 0 saturated carbocycles. The highest BCUT2D eigenvalue weighted by molar-refractivity contribution is 7.99. The molecule has 174 valence electrons. The van der Waals surface area contributed by atoms with E-state index in [1.54, 1.807) is 11.8 Å². The first-order valence-electron chi connectivity index (χ1n) is 11.8. The molecule has 0 aliphatic heterocycles. The summed E-state index contributed by atoms with van der Waals surface area (Å²) in [4.78, 5) is 1.21. The van der Waals surface area contributed by atoms with Crippen LogP contribution in [0.4, 0.5) is 0 Å². The molecule has 0 bridgehead atoms. The third kappa shape index (κ3) is 13.7. The van der Waals surface area contributed by atoms with Crippen LogP contribution >= 0.6 is 11.8 Å². The average Bonchev–Trinajstić information content (AvgIpc) is 2.76. The zero-order valence-electron chi connectivity index (χ0n) is 19.6. The molecular formula is C25H44O4S. The van der Waals surface area contributed by atoms with Gasteiger partial charge in [-0.3, -0.25) is 0 Å². The van der Waals surface area contributed by atoms with E-state index in [0.29, 0.717) is 13.2 Å². The fourth-order valence-corrected chi connectivity index (χ4v) is 3.81. The molecule has 0 N–H and O–H groups in total. The molecule has 1 aromatic rings. The van der Waals surface area contributed by atoms with Gasteiger partial charge < -0.3 is 18.9 Å². The van der Waals surface area contributed by atoms with Gasteiger partial charge in [0.25, 0.3) is 0 Å². The first kappa shape index (κ1) is 27.4. The Kier molecular flexibility index (Phi) is 17.5. The number of hydrogen-bond donors (Lipinski definition) is 0. The molecule has 0 aliphatic carbocycles. The van der Waals surface area contributed by atoms with Crippen molar-refractivity contribution in [2.45, 2.75) is 95.2 Å². The fourth-order valence-electron chi connectivity index (χ4n) is 2.78. The summed E-state index contributed by atoms with van der Waals surface area (Å²) in [7, 11) is 0. The molecule has 0 heterocycles. The zero-order chi connectivity index (χ0) is 21.9. The number of hydrogen-bond acceptors (Lipinski definition) is 5. The summed E-state index contributed by atoms with van der Waals surface area (Å²) < 4.78 is 24.4. The minimum absolute atomic E-state index is 0.00180. The second-order valence-electron chi connectivity index (χ2n) is 7.65. The van der Waals surface area contributed by atoms with Crippen molar-refractivity contribution in [1.29, 1.82) is 0 Å². The number of unbranched alkanes of at least 4 members (excludes halogenated alkanes) is 3. The molecular weight excluding hydrogens is 396 g/mol. The predicted octanol–water partition coefficient (Wildman–Crippen LogP) is 6.72. The van der Waals surface area contributed by atoms with Gasteiger partial charge in [0.2, 0.25) is 0 Å². The van der Waals surface area contributed by atoms with E-state index in [4.69, 9.17) is 18.9 Å². The Morgan fingerprint density at radius 1 is 0.800 bits per heavy atom. The van der Waals surface area contributed by atoms with Crippen LogP contribution in [0.2, 0.25) is 0 Å². The molecule has 0 aromatic heterocycles. The highest BCUT2D eigenvalue weighted by Gasteiger charge is 2.24. The van der Waals surface area contributed by atoms with Crippen LogP contribution in [-0.2, 0) is 18.9 Å². The summed E-state index contributed by atoms with van der Waals surface area (Å²) in [5.41, 5.74) is 0.00558. The molecule has 1 rings (SSSR count). The number of thioether (sulfide) groups is 1. The van der Waals surface area contributed by atoms with Crippen LogP contribution in [0.3, 0.4) is 0 Å². The monoisotopic (exact) mass is 440 g/mol. The lowest BCUT2D eigenvalue weighted by Gasteiger charge is -2.29. The van der Waals surface area contributed by atoms with E-state index in [9.17, 15) is 0 Å². The van der Waals surface area contributed by atoms with Crippen LogP contribution in [0, 0.1) is 0 Å². The van der Waals surface area contributed by atoms with Crippen molar-refractivity contribution in [3.63, 3.8) is 0 Å². The van der Waals surface area contributed by atoms with E-state index < -0.39 is 0 Å². The maximum absolute atomic E-state index is 6.57. The van der Waals surface area contributed by atoms with Gasteiger partial charge in [-0.25, -0.2) is 0 Å². The van der Waals surface area contributed by atoms with Crippen molar-refractivity contribution < 1.29 is 18.9 Å². The largest absolute Gasteiger partial charge is 0.381 e. The second kappa shape index (κ2) is 19.1. The van der Waals surface area contributed by atoms with Crippen molar-refractivity contribution in [1.82, 2.24) is 0 Å². The van der Waals surface area contributed by atoms with E-state index in [1.165, 1.54) is 4.90 Å². The van der Waals surface area contributed by atoms with E-state index in [-0.39, 0.29) is 17.6 Å². The smallest absolute Gasteiger partial charge is 0.110 e. The van der Waals surface area contributed by atoms with Gasteiger partial charge in [-0.05, 0) is 38.3 Å². The molecule has 0 spiro atoms. The summed E-state index contributed by atoms with van der Waals surface area (Å²) in [5.74, 6) is 0. The number of benzene rings is 1. The van der Waals surface area contributed by atoms with Gasteiger partial charge >= 0.3 is 0 Å². The van der Waals surface area contributed by atoms with E-state index in [2.05, 4.69) is 52.0 Å². The first-order valence-corrected chi connectivity index (χ1v) is 12.7. The Bertz CT molecular complexity index is 485. The molecule has 0 amide bonds. The lowest BCUT2D eigenvalue weighted by atomic mass is 10.2. The van der Waals surface area contributed by atoms with Crippen LogP contribution in [0.1, 0.15) is 72.6 Å². The molecule has 1 unspecified atom stereocenters. The van der Waals surface area contributed by atoms with Crippen molar-refractivity contribution in [3.05, 3.63) is 30.3 Å². The molecule has 30 heavy (non-hydrogen) atoms. The quantitative estimate of drug-likeness (QED) is 0.128. The Morgan fingerprint density at radius 3 is 2.10 bits per heavy atom. The maximum Gasteiger partial charge on any atom is 0.110 e. The first-order chi connectivity index (χ1) is 14.7. The van der Waals surface area contributed by atoms with Gasteiger partial charge in [-0.2, -0.15) is 0 Å². The fraction of sp³-hybridized carbons (Fsp3) is 0.760. The maximum atomic E-state index is 6.57. The van der Waals surface area contributed by atoms with Crippen LogP contribution in [0.5, 0.6) is 0 Å². The van der Waals surface area contributed by atoms with Gasteiger partial charge in [0.05, 0.1) is 12.7 Å².